The lowest BCUT2D eigenvalue weighted by atomic mass is 10.1. The Bertz CT molecular complexity index is 1440. The van der Waals surface area contributed by atoms with Crippen LogP contribution in [0.1, 0.15) is 21.5 Å². The van der Waals surface area contributed by atoms with E-state index in [1.54, 1.807) is 50.6 Å². The van der Waals surface area contributed by atoms with Crippen LogP contribution in [-0.2, 0) is 0 Å². The first kappa shape index (κ1) is 31.0. The average Bonchev–Trinajstić information content (AvgIpc) is 2.98. The third-order valence-electron chi connectivity index (χ3n) is 5.96. The third kappa shape index (κ3) is 6.80. The molecule has 0 aliphatic carbocycles. The number of ether oxygens (including phenoxy) is 7. The maximum Gasteiger partial charge on any atom is 0.204 e. The van der Waals surface area contributed by atoms with Gasteiger partial charge in [-0.25, -0.2) is 0 Å². The number of hydrogen-bond acceptors (Lipinski definition) is 10. The van der Waals surface area contributed by atoms with Gasteiger partial charge in [0.1, 0.15) is 0 Å². The highest BCUT2D eigenvalue weighted by molar-refractivity contribution is 9.10. The van der Waals surface area contributed by atoms with Crippen LogP contribution >= 0.6 is 15.9 Å². The van der Waals surface area contributed by atoms with Gasteiger partial charge in [0.15, 0.2) is 40.3 Å². The molecule has 11 heteroatoms. The minimum atomic E-state index is -0.342. The summed E-state index contributed by atoms with van der Waals surface area (Å²) >= 11 is 3.42. The normalized spacial score (nSPS) is 10.9. The van der Waals surface area contributed by atoms with Gasteiger partial charge in [0, 0.05) is 17.8 Å². The number of carbonyl (C=O) groups excluding carboxylic acids is 1. The van der Waals surface area contributed by atoms with Gasteiger partial charge in [-0.3, -0.25) is 4.79 Å². The second kappa shape index (κ2) is 14.2. The summed E-state index contributed by atoms with van der Waals surface area (Å²) in [5, 5.41) is 13.6. The molecule has 0 aromatic heterocycles. The van der Waals surface area contributed by atoms with Crippen LogP contribution in [0.15, 0.2) is 47.1 Å². The van der Waals surface area contributed by atoms with Crippen molar-refractivity contribution in [2.45, 2.75) is 0 Å². The SMILES string of the molecule is COc1cc(C=Cc2cc(O)c(OC)c(NC=CC(=O)c3cc(OC)c(OC)c(OC)c3Br)c2)cc(OC)c1OC. The number of halogens is 1. The van der Waals surface area contributed by atoms with E-state index in [9.17, 15) is 9.90 Å². The summed E-state index contributed by atoms with van der Waals surface area (Å²) in [5.41, 5.74) is 2.18. The lowest BCUT2D eigenvalue weighted by molar-refractivity contribution is 0.104. The van der Waals surface area contributed by atoms with E-state index in [1.807, 2.05) is 6.08 Å². The standard InChI is InChI=1S/C30H32BrNO9/c1-35-23-14-18(15-24(36-2)28(23)39-5)9-8-17-12-20(27(38-4)22(34)13-17)32-11-10-21(33)19-16-25(37-3)29(40-6)30(41-7)26(19)31/h8-16,32,34H,1-7H3. The maximum absolute atomic E-state index is 13.1. The van der Waals surface area contributed by atoms with Crippen molar-refractivity contribution in [2.75, 3.05) is 55.1 Å². The number of allylic oxidation sites excluding steroid dienone is 1. The minimum absolute atomic E-state index is 0.0888. The van der Waals surface area contributed by atoms with Gasteiger partial charge in [-0.05, 0) is 57.4 Å². The first-order valence-corrected chi connectivity index (χ1v) is 12.9. The summed E-state index contributed by atoms with van der Waals surface area (Å²) in [7, 11) is 10.5. The van der Waals surface area contributed by atoms with E-state index < -0.39 is 0 Å². The van der Waals surface area contributed by atoms with Crippen LogP contribution in [0.4, 0.5) is 5.69 Å². The molecule has 0 aliphatic heterocycles. The summed E-state index contributed by atoms with van der Waals surface area (Å²) in [5.74, 6) is 2.32. The average molecular weight is 630 g/mol. The van der Waals surface area contributed by atoms with E-state index in [2.05, 4.69) is 21.2 Å². The van der Waals surface area contributed by atoms with Crippen molar-refractivity contribution in [1.82, 2.24) is 0 Å². The molecule has 0 amide bonds. The van der Waals surface area contributed by atoms with E-state index in [1.165, 1.54) is 47.8 Å². The molecule has 0 radical (unpaired) electrons. The smallest absolute Gasteiger partial charge is 0.204 e. The number of nitrogens with one attached hydrogen (secondary N) is 1. The van der Waals surface area contributed by atoms with Gasteiger partial charge in [-0.1, -0.05) is 12.2 Å². The molecule has 0 atom stereocenters. The first-order chi connectivity index (χ1) is 19.8. The van der Waals surface area contributed by atoms with Gasteiger partial charge >= 0.3 is 0 Å². The van der Waals surface area contributed by atoms with Crippen LogP contribution in [0.5, 0.6) is 46.0 Å². The van der Waals surface area contributed by atoms with Crippen LogP contribution < -0.4 is 38.5 Å². The van der Waals surface area contributed by atoms with E-state index >= 15 is 0 Å². The second-order valence-electron chi connectivity index (χ2n) is 8.26. The van der Waals surface area contributed by atoms with Crippen LogP contribution in [0.25, 0.3) is 12.2 Å². The van der Waals surface area contributed by atoms with Crippen molar-refractivity contribution in [2.24, 2.45) is 0 Å². The monoisotopic (exact) mass is 629 g/mol. The molecule has 0 fully saturated rings. The Morgan fingerprint density at radius 3 is 1.71 bits per heavy atom. The topological polar surface area (TPSA) is 114 Å². The van der Waals surface area contributed by atoms with Gasteiger partial charge in [-0.2, -0.15) is 0 Å². The zero-order valence-corrected chi connectivity index (χ0v) is 25.4. The van der Waals surface area contributed by atoms with Gasteiger partial charge in [0.05, 0.1) is 59.9 Å². The zero-order valence-electron chi connectivity index (χ0n) is 23.8. The summed E-state index contributed by atoms with van der Waals surface area (Å²) in [4.78, 5) is 13.1. The maximum atomic E-state index is 13.1. The molecule has 3 rings (SSSR count). The molecule has 218 valence electrons. The molecule has 0 unspecified atom stereocenters. The van der Waals surface area contributed by atoms with Crippen molar-refractivity contribution in [3.05, 3.63) is 63.8 Å². The van der Waals surface area contributed by atoms with Crippen molar-refractivity contribution < 1.29 is 43.1 Å². The Hall–Kier alpha value is -4.51. The Balaban J connectivity index is 1.90. The number of carbonyl (C=O) groups is 1. The van der Waals surface area contributed by atoms with Crippen molar-refractivity contribution in [1.29, 1.82) is 0 Å². The molecule has 0 spiro atoms. The molecule has 10 nitrogen and oxygen atoms in total. The number of rotatable bonds is 13. The van der Waals surface area contributed by atoms with Gasteiger partial charge in [-0.15, -0.1) is 0 Å². The van der Waals surface area contributed by atoms with Gasteiger partial charge < -0.3 is 43.6 Å². The van der Waals surface area contributed by atoms with E-state index in [0.717, 1.165) is 5.56 Å². The fourth-order valence-corrected chi connectivity index (χ4v) is 4.69. The van der Waals surface area contributed by atoms with E-state index in [-0.39, 0.29) is 17.3 Å². The molecule has 0 aliphatic rings. The summed E-state index contributed by atoms with van der Waals surface area (Å²) in [6.07, 6.45) is 6.41. The largest absolute Gasteiger partial charge is 0.504 e. The molecular weight excluding hydrogens is 598 g/mol. The van der Waals surface area contributed by atoms with E-state index in [4.69, 9.17) is 33.2 Å². The Labute approximate surface area is 247 Å². The van der Waals surface area contributed by atoms with Crippen molar-refractivity contribution in [3.63, 3.8) is 0 Å². The molecule has 2 N–H and O–H groups in total. The second-order valence-corrected chi connectivity index (χ2v) is 9.05. The zero-order chi connectivity index (χ0) is 30.1. The molecule has 3 aromatic rings. The molecule has 0 saturated heterocycles. The highest BCUT2D eigenvalue weighted by Gasteiger charge is 2.22. The number of phenols is 1. The number of hydrogen-bond donors (Lipinski definition) is 2. The Morgan fingerprint density at radius 2 is 1.20 bits per heavy atom. The van der Waals surface area contributed by atoms with Crippen LogP contribution in [0.2, 0.25) is 0 Å². The molecule has 41 heavy (non-hydrogen) atoms. The molecular formula is C30H32BrNO9. The Morgan fingerprint density at radius 1 is 0.683 bits per heavy atom. The van der Waals surface area contributed by atoms with E-state index in [0.29, 0.717) is 55.8 Å². The number of anilines is 1. The molecule has 0 heterocycles. The molecule has 0 saturated carbocycles. The fourth-order valence-electron chi connectivity index (χ4n) is 4.04. The lowest BCUT2D eigenvalue weighted by Crippen LogP contribution is -2.03. The number of ketones is 1. The van der Waals surface area contributed by atoms with Crippen LogP contribution in [-0.4, -0.2) is 60.7 Å². The highest BCUT2D eigenvalue weighted by Crippen LogP contribution is 2.45. The quantitative estimate of drug-likeness (QED) is 0.129. The number of aromatic hydroxyl groups is 1. The number of phenolic OH excluding ortho intramolecular Hbond substituents is 1. The predicted octanol–water partition coefficient (Wildman–Crippen LogP) is 6.19. The molecule has 3 aromatic carbocycles. The first-order valence-electron chi connectivity index (χ1n) is 12.1. The highest BCUT2D eigenvalue weighted by atomic mass is 79.9. The number of benzene rings is 3. The summed E-state index contributed by atoms with van der Waals surface area (Å²) in [6.45, 7) is 0. The lowest BCUT2D eigenvalue weighted by Gasteiger charge is -2.15. The minimum Gasteiger partial charge on any atom is -0.504 e. The van der Waals surface area contributed by atoms with Crippen LogP contribution in [0.3, 0.4) is 0 Å². The fraction of sp³-hybridized carbons (Fsp3) is 0.233. The summed E-state index contributed by atoms with van der Waals surface area (Å²) in [6, 6.07) is 8.47. The predicted molar refractivity (Wildman–Crippen MR) is 161 cm³/mol. The van der Waals surface area contributed by atoms with Crippen LogP contribution in [0, 0.1) is 0 Å². The van der Waals surface area contributed by atoms with Gasteiger partial charge in [0.2, 0.25) is 11.5 Å². The van der Waals surface area contributed by atoms with Crippen molar-refractivity contribution in [3.8, 4) is 46.0 Å². The number of methoxy groups -OCH3 is 7. The Kier molecular flexibility index (Phi) is 10.8. The molecule has 0 bridgehead atoms. The third-order valence-corrected chi connectivity index (χ3v) is 6.75. The van der Waals surface area contributed by atoms with Gasteiger partial charge in [0.25, 0.3) is 0 Å². The van der Waals surface area contributed by atoms with Crippen molar-refractivity contribution >= 4 is 39.6 Å². The summed E-state index contributed by atoms with van der Waals surface area (Å²) < 4.78 is 38.1.